The highest BCUT2D eigenvalue weighted by Gasteiger charge is 2.55. The molecule has 0 radical (unpaired) electrons. The van der Waals surface area contributed by atoms with E-state index in [1.807, 2.05) is 13.8 Å². The zero-order valence-corrected chi connectivity index (χ0v) is 17.3. The molecular weight excluding hydrogens is 356 g/mol. The number of hydrogen-bond donors (Lipinski definition) is 0. The topological polar surface area (TPSA) is 17.1 Å². The summed E-state index contributed by atoms with van der Waals surface area (Å²) in [5, 5.41) is 0. The second kappa shape index (κ2) is 8.18. The second-order valence-corrected chi connectivity index (χ2v) is 13.1. The van der Waals surface area contributed by atoms with Crippen molar-refractivity contribution in [1.82, 2.24) is 0 Å². The summed E-state index contributed by atoms with van der Waals surface area (Å²) in [5.74, 6) is -1.34. The molecule has 0 aliphatic heterocycles. The third kappa shape index (κ3) is 4.06. The van der Waals surface area contributed by atoms with Gasteiger partial charge in [0.25, 0.3) is 0 Å². The van der Waals surface area contributed by atoms with Crippen LogP contribution in [0, 0.1) is 17.8 Å². The Morgan fingerprint density at radius 1 is 0.731 bits per heavy atom. The van der Waals surface area contributed by atoms with E-state index in [0.29, 0.717) is 0 Å². The van der Waals surface area contributed by atoms with Gasteiger partial charge >= 0.3 is 6.18 Å². The molecule has 152 valence electrons. The molecule has 0 aromatic carbocycles. The van der Waals surface area contributed by atoms with Crippen LogP contribution in [0.2, 0.25) is 0 Å². The van der Waals surface area contributed by atoms with Gasteiger partial charge < -0.3 is 4.57 Å². The zero-order valence-electron chi connectivity index (χ0n) is 16.4. The summed E-state index contributed by atoms with van der Waals surface area (Å²) in [7, 11) is -2.50. The first kappa shape index (κ1) is 20.7. The number of alkyl halides is 3. The van der Waals surface area contributed by atoms with Crippen LogP contribution in [-0.2, 0) is 4.57 Å². The third-order valence-corrected chi connectivity index (χ3v) is 13.0. The first-order valence-electron chi connectivity index (χ1n) is 10.9. The van der Waals surface area contributed by atoms with Gasteiger partial charge in [0.05, 0.1) is 13.1 Å². The lowest BCUT2D eigenvalue weighted by Gasteiger charge is -2.50. The van der Waals surface area contributed by atoms with Crippen LogP contribution in [0.5, 0.6) is 0 Å². The first-order valence-corrected chi connectivity index (χ1v) is 12.8. The van der Waals surface area contributed by atoms with Crippen molar-refractivity contribution in [3.63, 3.8) is 0 Å². The molecule has 2 atom stereocenters. The lowest BCUT2D eigenvalue weighted by molar-refractivity contribution is -0.188. The van der Waals surface area contributed by atoms with Crippen molar-refractivity contribution in [3.8, 4) is 0 Å². The third-order valence-electron chi connectivity index (χ3n) is 7.70. The SMILES string of the molecule is CC1CC(C(F)(F)F)CC(C)C1P(=O)(C1CCCCC1)C1CCCCC1. The van der Waals surface area contributed by atoms with Gasteiger partial charge in [-0.05, 0) is 50.4 Å². The Balaban J connectivity index is 1.89. The maximum Gasteiger partial charge on any atom is 0.391 e. The van der Waals surface area contributed by atoms with E-state index in [0.717, 1.165) is 51.4 Å². The highest BCUT2D eigenvalue weighted by atomic mass is 31.2. The summed E-state index contributed by atoms with van der Waals surface area (Å²) in [6.07, 6.45) is 7.53. The largest absolute Gasteiger partial charge is 0.391 e. The van der Waals surface area contributed by atoms with Crippen molar-refractivity contribution in [3.05, 3.63) is 0 Å². The summed E-state index contributed by atoms with van der Waals surface area (Å²) in [6, 6.07) is 0. The second-order valence-electron chi connectivity index (χ2n) is 9.50. The van der Waals surface area contributed by atoms with E-state index in [1.54, 1.807) is 0 Å². The summed E-state index contributed by atoms with van der Waals surface area (Å²) >= 11 is 0. The van der Waals surface area contributed by atoms with Gasteiger partial charge in [-0.15, -0.1) is 0 Å². The fourth-order valence-electron chi connectivity index (χ4n) is 6.65. The Morgan fingerprint density at radius 2 is 1.12 bits per heavy atom. The van der Waals surface area contributed by atoms with Crippen LogP contribution < -0.4 is 0 Å². The van der Waals surface area contributed by atoms with E-state index in [4.69, 9.17) is 0 Å². The average molecular weight is 392 g/mol. The quantitative estimate of drug-likeness (QED) is 0.451. The van der Waals surface area contributed by atoms with Crippen molar-refractivity contribution in [2.75, 3.05) is 0 Å². The molecule has 3 rings (SSSR count). The molecule has 3 aliphatic rings. The standard InChI is InChI=1S/C21H36F3OP/c1-15-13-17(21(22,23)24)14-16(2)20(15)26(25,18-9-5-3-6-10-18)19-11-7-4-8-12-19/h15-20H,3-14H2,1-2H3. The molecular formula is C21H36F3OP. The Labute approximate surface area is 157 Å². The maximum absolute atomic E-state index is 14.8. The van der Waals surface area contributed by atoms with Crippen LogP contribution in [0.15, 0.2) is 0 Å². The normalized spacial score (nSPS) is 36.2. The molecule has 0 spiro atoms. The van der Waals surface area contributed by atoms with Crippen molar-refractivity contribution in [2.24, 2.45) is 17.8 Å². The molecule has 0 aromatic rings. The minimum absolute atomic E-state index is 0.0206. The van der Waals surface area contributed by atoms with Gasteiger partial charge in [-0.1, -0.05) is 52.4 Å². The minimum atomic E-state index is -4.10. The predicted molar refractivity (Wildman–Crippen MR) is 102 cm³/mol. The molecule has 3 aliphatic carbocycles. The molecule has 3 saturated carbocycles. The van der Waals surface area contributed by atoms with Gasteiger partial charge in [0, 0.05) is 17.0 Å². The number of halogens is 3. The van der Waals surface area contributed by atoms with Gasteiger partial charge in [0.15, 0.2) is 0 Å². The molecule has 0 bridgehead atoms. The fraction of sp³-hybridized carbons (Fsp3) is 1.00. The molecule has 3 fully saturated rings. The van der Waals surface area contributed by atoms with E-state index < -0.39 is 19.2 Å². The Morgan fingerprint density at radius 3 is 1.46 bits per heavy atom. The zero-order chi connectivity index (χ0) is 18.9. The van der Waals surface area contributed by atoms with E-state index in [9.17, 15) is 17.7 Å². The fourth-order valence-corrected chi connectivity index (χ4v) is 12.4. The van der Waals surface area contributed by atoms with Crippen LogP contribution in [0.4, 0.5) is 13.2 Å². The highest BCUT2D eigenvalue weighted by molar-refractivity contribution is 7.66. The van der Waals surface area contributed by atoms with Crippen molar-refractivity contribution < 1.29 is 17.7 Å². The van der Waals surface area contributed by atoms with Gasteiger partial charge in [0.1, 0.15) is 0 Å². The summed E-state index contributed by atoms with van der Waals surface area (Å²) in [5.41, 5.74) is 0.598. The number of hydrogen-bond acceptors (Lipinski definition) is 1. The Kier molecular flexibility index (Phi) is 6.52. The Hall–Kier alpha value is 0.0200. The van der Waals surface area contributed by atoms with E-state index in [1.165, 1.54) is 12.8 Å². The molecule has 0 N–H and O–H groups in total. The first-order chi connectivity index (χ1) is 12.2. The lowest BCUT2D eigenvalue weighted by atomic mass is 9.76. The molecule has 0 saturated heterocycles. The summed E-state index contributed by atoms with van der Waals surface area (Å²) in [4.78, 5) is 0. The molecule has 0 amide bonds. The summed E-state index contributed by atoms with van der Waals surface area (Å²) < 4.78 is 54.8. The smallest absolute Gasteiger partial charge is 0.323 e. The monoisotopic (exact) mass is 392 g/mol. The molecule has 2 unspecified atom stereocenters. The molecule has 26 heavy (non-hydrogen) atoms. The van der Waals surface area contributed by atoms with Crippen molar-refractivity contribution >= 4 is 7.14 Å². The molecule has 5 heteroatoms. The van der Waals surface area contributed by atoms with E-state index in [2.05, 4.69) is 0 Å². The maximum atomic E-state index is 14.8. The summed E-state index contributed by atoms with van der Waals surface area (Å²) in [6.45, 7) is 3.94. The van der Waals surface area contributed by atoms with Gasteiger partial charge in [0.2, 0.25) is 0 Å². The molecule has 0 aromatic heterocycles. The molecule has 0 heterocycles. The highest BCUT2D eigenvalue weighted by Crippen LogP contribution is 2.70. The predicted octanol–water partition coefficient (Wildman–Crippen LogP) is 7.63. The number of rotatable bonds is 3. The van der Waals surface area contributed by atoms with Gasteiger partial charge in [-0.2, -0.15) is 13.2 Å². The molecule has 1 nitrogen and oxygen atoms in total. The van der Waals surface area contributed by atoms with E-state index in [-0.39, 0.29) is 41.7 Å². The van der Waals surface area contributed by atoms with Crippen molar-refractivity contribution in [2.45, 2.75) is 114 Å². The van der Waals surface area contributed by atoms with Crippen LogP contribution in [0.25, 0.3) is 0 Å². The lowest BCUT2D eigenvalue weighted by Crippen LogP contribution is -2.43. The minimum Gasteiger partial charge on any atom is -0.323 e. The van der Waals surface area contributed by atoms with Gasteiger partial charge in [-0.3, -0.25) is 0 Å². The van der Waals surface area contributed by atoms with Crippen LogP contribution in [0.3, 0.4) is 0 Å². The van der Waals surface area contributed by atoms with Gasteiger partial charge in [-0.25, -0.2) is 0 Å². The van der Waals surface area contributed by atoms with Crippen LogP contribution >= 0.6 is 7.14 Å². The Bertz CT molecular complexity index is 472. The van der Waals surface area contributed by atoms with Crippen LogP contribution in [0.1, 0.15) is 90.9 Å². The average Bonchev–Trinajstić information content (AvgIpc) is 2.61. The van der Waals surface area contributed by atoms with Crippen molar-refractivity contribution in [1.29, 1.82) is 0 Å². The van der Waals surface area contributed by atoms with Crippen LogP contribution in [-0.4, -0.2) is 23.2 Å². The van der Waals surface area contributed by atoms with E-state index >= 15 is 0 Å².